The Morgan fingerprint density at radius 1 is 1.02 bits per heavy atom. The van der Waals surface area contributed by atoms with Crippen molar-refractivity contribution in [1.29, 1.82) is 5.26 Å². The van der Waals surface area contributed by atoms with Crippen molar-refractivity contribution in [3.05, 3.63) is 99.5 Å². The molecule has 1 saturated heterocycles. The van der Waals surface area contributed by atoms with Gasteiger partial charge in [-0.2, -0.15) is 25.4 Å². The van der Waals surface area contributed by atoms with E-state index in [1.807, 2.05) is 24.3 Å². The number of hydrogen-bond acceptors (Lipinski definition) is 16. The van der Waals surface area contributed by atoms with E-state index in [4.69, 9.17) is 10.00 Å². The lowest BCUT2D eigenvalue weighted by Gasteiger charge is -2.34. The SMILES string of the molecule is COC(=O)[C@H](Cc1ccc(C#N)cc1)Nc1nc(NCc2nn[nH]n2)nc(Nc2cccc(CN3CCN(C(=O)c4ncc[nH]c4=O)CC3)c2)n1. The van der Waals surface area contributed by atoms with Gasteiger partial charge in [0.05, 0.1) is 25.3 Å². The van der Waals surface area contributed by atoms with Gasteiger partial charge in [-0.3, -0.25) is 14.5 Å². The van der Waals surface area contributed by atoms with Gasteiger partial charge in [-0.15, -0.1) is 10.2 Å². The largest absolute Gasteiger partial charge is 0.467 e. The van der Waals surface area contributed by atoms with Gasteiger partial charge >= 0.3 is 5.97 Å². The summed E-state index contributed by atoms with van der Waals surface area (Å²) in [5, 5.41) is 32.3. The summed E-state index contributed by atoms with van der Waals surface area (Å²) in [6.45, 7) is 2.96. The molecule has 6 rings (SSSR count). The van der Waals surface area contributed by atoms with Crippen LogP contribution < -0.4 is 21.5 Å². The number of rotatable bonds is 13. The second-order valence-electron chi connectivity index (χ2n) is 11.4. The summed E-state index contributed by atoms with van der Waals surface area (Å²) < 4.78 is 5.05. The fourth-order valence-corrected chi connectivity index (χ4v) is 5.33. The Labute approximate surface area is 290 Å². The Hall–Kier alpha value is -6.81. The van der Waals surface area contributed by atoms with E-state index < -0.39 is 17.6 Å². The van der Waals surface area contributed by atoms with Crippen molar-refractivity contribution in [2.24, 2.45) is 0 Å². The first-order valence-corrected chi connectivity index (χ1v) is 15.8. The van der Waals surface area contributed by atoms with Gasteiger partial charge < -0.3 is 30.6 Å². The molecule has 0 radical (unpaired) electrons. The molecule has 0 aliphatic carbocycles. The molecule has 0 bridgehead atoms. The number of esters is 1. The Morgan fingerprint density at radius 2 is 1.80 bits per heavy atom. The highest BCUT2D eigenvalue weighted by atomic mass is 16.5. The molecule has 1 atom stereocenters. The van der Waals surface area contributed by atoms with Crippen LogP contribution in [0.4, 0.5) is 23.5 Å². The summed E-state index contributed by atoms with van der Waals surface area (Å²) in [5.41, 5.74) is 2.41. The number of hydrogen-bond donors (Lipinski definition) is 5. The highest BCUT2D eigenvalue weighted by Crippen LogP contribution is 2.20. The monoisotopic (exact) mass is 691 g/mol. The maximum absolute atomic E-state index is 12.8. The van der Waals surface area contributed by atoms with Crippen LogP contribution in [0.3, 0.4) is 0 Å². The number of anilines is 4. The molecule has 260 valence electrons. The number of benzene rings is 2. The van der Waals surface area contributed by atoms with Crippen molar-refractivity contribution in [2.75, 3.05) is 49.2 Å². The summed E-state index contributed by atoms with van der Waals surface area (Å²) in [5.74, 6) is -0.0533. The summed E-state index contributed by atoms with van der Waals surface area (Å²) in [7, 11) is 1.30. The quantitative estimate of drug-likeness (QED) is 0.107. The first-order chi connectivity index (χ1) is 24.9. The third-order valence-corrected chi connectivity index (χ3v) is 7.90. The van der Waals surface area contributed by atoms with Crippen molar-refractivity contribution >= 4 is 35.4 Å². The van der Waals surface area contributed by atoms with Crippen molar-refractivity contribution in [3.63, 3.8) is 0 Å². The summed E-state index contributed by atoms with van der Waals surface area (Å²) in [6, 6.07) is 15.9. The summed E-state index contributed by atoms with van der Waals surface area (Å²) >= 11 is 0. The lowest BCUT2D eigenvalue weighted by Crippen LogP contribution is -2.49. The Kier molecular flexibility index (Phi) is 10.7. The number of carbonyl (C=O) groups is 2. The van der Waals surface area contributed by atoms with Gasteiger partial charge in [0.15, 0.2) is 11.5 Å². The number of tetrazole rings is 1. The Bertz CT molecular complexity index is 2060. The second kappa shape index (κ2) is 16.1. The van der Waals surface area contributed by atoms with E-state index in [1.54, 1.807) is 29.2 Å². The van der Waals surface area contributed by atoms with E-state index in [0.29, 0.717) is 49.8 Å². The number of ether oxygens (including phenoxy) is 1. The van der Waals surface area contributed by atoms with Crippen molar-refractivity contribution < 1.29 is 14.3 Å². The third kappa shape index (κ3) is 9.01. The van der Waals surface area contributed by atoms with Crippen LogP contribution in [0.1, 0.15) is 33.0 Å². The average Bonchev–Trinajstić information content (AvgIpc) is 3.68. The van der Waals surface area contributed by atoms with Gasteiger partial charge in [0.25, 0.3) is 11.5 Å². The number of aromatic nitrogens is 9. The highest BCUT2D eigenvalue weighted by molar-refractivity contribution is 5.92. The zero-order valence-electron chi connectivity index (χ0n) is 27.4. The van der Waals surface area contributed by atoms with Crippen molar-refractivity contribution in [2.45, 2.75) is 25.6 Å². The minimum absolute atomic E-state index is 0.100. The lowest BCUT2D eigenvalue weighted by molar-refractivity contribution is -0.141. The number of carbonyl (C=O) groups excluding carboxylic acids is 2. The van der Waals surface area contributed by atoms with E-state index in [2.05, 4.69) is 72.5 Å². The second-order valence-corrected chi connectivity index (χ2v) is 11.4. The molecule has 51 heavy (non-hydrogen) atoms. The number of nitrogens with one attached hydrogen (secondary N) is 5. The van der Waals surface area contributed by atoms with Crippen molar-refractivity contribution in [1.82, 2.24) is 55.3 Å². The van der Waals surface area contributed by atoms with Crippen LogP contribution in [0.2, 0.25) is 0 Å². The normalized spacial score (nSPS) is 13.5. The summed E-state index contributed by atoms with van der Waals surface area (Å²) in [4.78, 5) is 61.5. The molecule has 0 unspecified atom stereocenters. The first kappa shape index (κ1) is 34.1. The van der Waals surface area contributed by atoms with Gasteiger partial charge in [0, 0.05) is 57.2 Å². The van der Waals surface area contributed by atoms with E-state index in [9.17, 15) is 14.4 Å². The summed E-state index contributed by atoms with van der Waals surface area (Å²) in [6.07, 6.45) is 3.03. The molecule has 3 aromatic heterocycles. The van der Waals surface area contributed by atoms with E-state index in [-0.39, 0.29) is 42.4 Å². The van der Waals surface area contributed by atoms with Crippen molar-refractivity contribution in [3.8, 4) is 6.07 Å². The molecule has 5 aromatic rings. The number of nitriles is 1. The highest BCUT2D eigenvalue weighted by Gasteiger charge is 2.25. The van der Waals surface area contributed by atoms with E-state index in [1.165, 1.54) is 19.5 Å². The fourth-order valence-electron chi connectivity index (χ4n) is 5.33. The molecule has 19 nitrogen and oxygen atoms in total. The van der Waals surface area contributed by atoms with Crippen LogP contribution >= 0.6 is 0 Å². The number of H-pyrrole nitrogens is 2. The molecule has 2 aromatic carbocycles. The zero-order chi connectivity index (χ0) is 35.6. The number of aromatic amines is 2. The van der Waals surface area contributed by atoms with E-state index >= 15 is 0 Å². The number of piperazine rings is 1. The van der Waals surface area contributed by atoms with Gasteiger partial charge in [-0.05, 0) is 35.4 Å². The minimum Gasteiger partial charge on any atom is -0.467 e. The molecular weight excluding hydrogens is 658 g/mol. The molecule has 1 aliphatic heterocycles. The Morgan fingerprint density at radius 3 is 2.53 bits per heavy atom. The molecule has 1 aliphatic rings. The lowest BCUT2D eigenvalue weighted by atomic mass is 10.0. The molecule has 0 spiro atoms. The standard InChI is InChI=1S/C32H33N15O4/c1-51-29(50)24(16-20-5-7-21(17-33)8-6-20)38-32-40-30(36-18-25-42-44-45-43-25)39-31(41-32)37-23-4-2-3-22(15-23)19-46-11-13-47(14-12-46)28(49)26-27(48)35-10-9-34-26/h2-10,15,24H,11-14,16,18-19H2,1H3,(H,35,48)(H,42,43,44,45)(H3,36,37,38,39,40,41)/t24-/m0/s1. The average molecular weight is 692 g/mol. The van der Waals surface area contributed by atoms with Crippen LogP contribution in [0.15, 0.2) is 65.7 Å². The van der Waals surface area contributed by atoms with Gasteiger partial charge in [-0.25, -0.2) is 9.78 Å². The number of methoxy groups -OCH3 is 1. The third-order valence-electron chi connectivity index (χ3n) is 7.90. The van der Waals surface area contributed by atoms with Crippen LogP contribution in [0.25, 0.3) is 0 Å². The molecule has 0 saturated carbocycles. The molecule has 19 heteroatoms. The predicted molar refractivity (Wildman–Crippen MR) is 181 cm³/mol. The van der Waals surface area contributed by atoms with Crippen LogP contribution in [0, 0.1) is 11.3 Å². The molecular formula is C32H33N15O4. The van der Waals surface area contributed by atoms with Crippen LogP contribution in [-0.2, 0) is 29.0 Å². The fraction of sp³-hybridized carbons (Fsp3) is 0.281. The van der Waals surface area contributed by atoms with Crippen LogP contribution in [0.5, 0.6) is 0 Å². The molecule has 5 N–H and O–H groups in total. The molecule has 4 heterocycles. The number of nitrogens with zero attached hydrogens (tertiary/aromatic N) is 10. The Balaban J connectivity index is 1.15. The topological polar surface area (TPSA) is 249 Å². The minimum atomic E-state index is -0.855. The maximum atomic E-state index is 12.8. The molecule has 1 fully saturated rings. The number of amides is 1. The zero-order valence-corrected chi connectivity index (χ0v) is 27.4. The van der Waals surface area contributed by atoms with Gasteiger partial charge in [0.2, 0.25) is 17.8 Å². The smallest absolute Gasteiger partial charge is 0.328 e. The predicted octanol–water partition coefficient (Wildman–Crippen LogP) is 0.850. The molecule has 1 amide bonds. The maximum Gasteiger partial charge on any atom is 0.328 e. The van der Waals surface area contributed by atoms with Crippen LogP contribution in [-0.4, -0.2) is 107 Å². The van der Waals surface area contributed by atoms with Gasteiger partial charge in [-0.1, -0.05) is 29.5 Å². The first-order valence-electron chi connectivity index (χ1n) is 15.8. The van der Waals surface area contributed by atoms with Gasteiger partial charge in [0.1, 0.15) is 6.04 Å². The van der Waals surface area contributed by atoms with E-state index in [0.717, 1.165) is 11.1 Å².